The number of rotatable bonds is 6. The highest BCUT2D eigenvalue weighted by atomic mass is 79.9. The zero-order valence-corrected chi connectivity index (χ0v) is 12.5. The fourth-order valence-corrected chi connectivity index (χ4v) is 1.89. The summed E-state index contributed by atoms with van der Waals surface area (Å²) in [4.78, 5) is 11.7. The van der Waals surface area contributed by atoms with Crippen molar-refractivity contribution in [2.45, 2.75) is 6.04 Å². The lowest BCUT2D eigenvalue weighted by atomic mass is 10.1. The molecule has 18 heavy (non-hydrogen) atoms. The van der Waals surface area contributed by atoms with Crippen LogP contribution >= 0.6 is 27.5 Å². The number of benzene rings is 1. The highest BCUT2D eigenvalue weighted by molar-refractivity contribution is 9.10. The van der Waals surface area contributed by atoms with Gasteiger partial charge in [0.25, 0.3) is 0 Å². The lowest BCUT2D eigenvalue weighted by Gasteiger charge is -2.17. The molecule has 1 aromatic rings. The highest BCUT2D eigenvalue weighted by Crippen LogP contribution is 2.26. The Morgan fingerprint density at radius 1 is 1.50 bits per heavy atom. The second kappa shape index (κ2) is 7.74. The van der Waals surface area contributed by atoms with Gasteiger partial charge in [-0.15, -0.1) is 0 Å². The minimum Gasteiger partial charge on any atom is -0.468 e. The Morgan fingerprint density at radius 2 is 2.22 bits per heavy atom. The lowest BCUT2D eigenvalue weighted by molar-refractivity contribution is -0.143. The van der Waals surface area contributed by atoms with Gasteiger partial charge in [-0.3, -0.25) is 5.32 Å². The molecular formula is C12H15BrClNO3. The van der Waals surface area contributed by atoms with Crippen molar-refractivity contribution in [3.05, 3.63) is 33.3 Å². The van der Waals surface area contributed by atoms with Crippen LogP contribution in [0.2, 0.25) is 5.02 Å². The van der Waals surface area contributed by atoms with Gasteiger partial charge in [-0.25, -0.2) is 4.79 Å². The van der Waals surface area contributed by atoms with Gasteiger partial charge in [0.05, 0.1) is 18.7 Å². The van der Waals surface area contributed by atoms with Crippen LogP contribution in [0.25, 0.3) is 0 Å². The second-order valence-corrected chi connectivity index (χ2v) is 4.84. The Hall–Kier alpha value is -0.620. The summed E-state index contributed by atoms with van der Waals surface area (Å²) in [6.07, 6.45) is 0. The smallest absolute Gasteiger partial charge is 0.327 e. The normalized spacial score (nSPS) is 12.2. The molecule has 0 saturated carbocycles. The molecule has 1 N–H and O–H groups in total. The third-order valence-corrected chi connectivity index (χ3v) is 3.60. The molecule has 0 radical (unpaired) electrons. The molecule has 0 aliphatic heterocycles. The molecule has 0 heterocycles. The predicted molar refractivity (Wildman–Crippen MR) is 73.8 cm³/mol. The van der Waals surface area contributed by atoms with Gasteiger partial charge in [0, 0.05) is 18.1 Å². The van der Waals surface area contributed by atoms with Crippen LogP contribution in [0, 0.1) is 0 Å². The van der Waals surface area contributed by atoms with Gasteiger partial charge in [-0.05, 0) is 33.6 Å². The third-order valence-electron chi connectivity index (χ3n) is 2.37. The van der Waals surface area contributed by atoms with Crippen molar-refractivity contribution in [1.82, 2.24) is 5.32 Å². The van der Waals surface area contributed by atoms with Gasteiger partial charge >= 0.3 is 5.97 Å². The maximum Gasteiger partial charge on any atom is 0.327 e. The quantitative estimate of drug-likeness (QED) is 0.641. The van der Waals surface area contributed by atoms with E-state index in [9.17, 15) is 4.79 Å². The Bertz CT molecular complexity index is 414. The van der Waals surface area contributed by atoms with E-state index in [0.717, 1.165) is 10.0 Å². The number of nitrogens with one attached hydrogen (secondary N) is 1. The topological polar surface area (TPSA) is 47.6 Å². The first-order chi connectivity index (χ1) is 8.60. The molecule has 1 rings (SSSR count). The van der Waals surface area contributed by atoms with Gasteiger partial charge in [-0.2, -0.15) is 0 Å². The summed E-state index contributed by atoms with van der Waals surface area (Å²) in [5.74, 6) is -0.357. The summed E-state index contributed by atoms with van der Waals surface area (Å²) < 4.78 is 10.5. The van der Waals surface area contributed by atoms with Crippen LogP contribution in [0.15, 0.2) is 22.7 Å². The summed E-state index contributed by atoms with van der Waals surface area (Å²) in [5, 5.41) is 3.61. The predicted octanol–water partition coefficient (Wildman–Crippen LogP) is 2.55. The fraction of sp³-hybridized carbons (Fsp3) is 0.417. The number of hydrogen-bond acceptors (Lipinski definition) is 4. The van der Waals surface area contributed by atoms with Crippen molar-refractivity contribution in [1.29, 1.82) is 0 Å². The van der Waals surface area contributed by atoms with Gasteiger partial charge < -0.3 is 9.47 Å². The molecule has 0 spiro atoms. The van der Waals surface area contributed by atoms with E-state index in [1.807, 2.05) is 6.07 Å². The molecule has 0 aromatic heterocycles. The zero-order valence-electron chi connectivity index (χ0n) is 10.2. The summed E-state index contributed by atoms with van der Waals surface area (Å²) in [6.45, 7) is 1.06. The monoisotopic (exact) mass is 335 g/mol. The van der Waals surface area contributed by atoms with Crippen LogP contribution in [0.1, 0.15) is 11.6 Å². The van der Waals surface area contributed by atoms with Gasteiger partial charge in [0.15, 0.2) is 0 Å². The average Bonchev–Trinajstić information content (AvgIpc) is 2.37. The maximum atomic E-state index is 11.7. The first-order valence-corrected chi connectivity index (χ1v) is 6.52. The molecule has 4 nitrogen and oxygen atoms in total. The Kier molecular flexibility index (Phi) is 6.63. The van der Waals surface area contributed by atoms with E-state index in [2.05, 4.69) is 21.2 Å². The number of halogens is 2. The largest absolute Gasteiger partial charge is 0.468 e. The lowest BCUT2D eigenvalue weighted by Crippen LogP contribution is -2.32. The van der Waals surface area contributed by atoms with Gasteiger partial charge in [0.2, 0.25) is 0 Å². The Labute approximate surface area is 120 Å². The van der Waals surface area contributed by atoms with E-state index in [4.69, 9.17) is 21.1 Å². The number of carbonyl (C=O) groups is 1. The first kappa shape index (κ1) is 15.4. The molecule has 0 aliphatic rings. The van der Waals surface area contributed by atoms with Crippen LogP contribution in [0.4, 0.5) is 0 Å². The van der Waals surface area contributed by atoms with E-state index >= 15 is 0 Å². The molecule has 0 saturated heterocycles. The van der Waals surface area contributed by atoms with Crippen LogP contribution in [-0.4, -0.2) is 33.3 Å². The molecular weight excluding hydrogens is 321 g/mol. The minimum absolute atomic E-state index is 0.357. The molecule has 0 bridgehead atoms. The summed E-state index contributed by atoms with van der Waals surface area (Å²) in [6, 6.07) is 4.80. The van der Waals surface area contributed by atoms with Crippen LogP contribution < -0.4 is 5.32 Å². The SMILES string of the molecule is COCCNC(C(=O)OC)c1ccc(Br)c(Cl)c1. The van der Waals surface area contributed by atoms with E-state index in [0.29, 0.717) is 18.2 Å². The van der Waals surface area contributed by atoms with E-state index < -0.39 is 6.04 Å². The summed E-state index contributed by atoms with van der Waals surface area (Å²) >= 11 is 9.32. The first-order valence-electron chi connectivity index (χ1n) is 5.35. The molecule has 0 aliphatic carbocycles. The van der Waals surface area contributed by atoms with Crippen molar-refractivity contribution in [2.24, 2.45) is 0 Å². The van der Waals surface area contributed by atoms with Crippen molar-refractivity contribution in [2.75, 3.05) is 27.4 Å². The van der Waals surface area contributed by atoms with Gasteiger partial charge in [0.1, 0.15) is 6.04 Å². The fourth-order valence-electron chi connectivity index (χ4n) is 1.45. The minimum atomic E-state index is -0.546. The van der Waals surface area contributed by atoms with Crippen molar-refractivity contribution in [3.63, 3.8) is 0 Å². The van der Waals surface area contributed by atoms with E-state index in [1.165, 1.54) is 7.11 Å². The molecule has 1 aromatic carbocycles. The molecule has 1 unspecified atom stereocenters. The highest BCUT2D eigenvalue weighted by Gasteiger charge is 2.21. The summed E-state index contributed by atoms with van der Waals surface area (Å²) in [5.41, 5.74) is 0.756. The van der Waals surface area contributed by atoms with Gasteiger partial charge in [-0.1, -0.05) is 17.7 Å². The van der Waals surface area contributed by atoms with E-state index in [1.54, 1.807) is 19.2 Å². The molecule has 100 valence electrons. The average molecular weight is 337 g/mol. The second-order valence-electron chi connectivity index (χ2n) is 3.58. The number of ether oxygens (including phenoxy) is 2. The number of methoxy groups -OCH3 is 2. The third kappa shape index (κ3) is 4.24. The maximum absolute atomic E-state index is 11.7. The van der Waals surface area contributed by atoms with Crippen LogP contribution in [-0.2, 0) is 14.3 Å². The van der Waals surface area contributed by atoms with Crippen molar-refractivity contribution in [3.8, 4) is 0 Å². The number of carbonyl (C=O) groups excluding carboxylic acids is 1. The Morgan fingerprint density at radius 3 is 2.78 bits per heavy atom. The van der Waals surface area contributed by atoms with Crippen molar-refractivity contribution < 1.29 is 14.3 Å². The Balaban J connectivity index is 2.87. The summed E-state index contributed by atoms with van der Waals surface area (Å²) in [7, 11) is 2.96. The van der Waals surface area contributed by atoms with E-state index in [-0.39, 0.29) is 5.97 Å². The molecule has 6 heteroatoms. The van der Waals surface area contributed by atoms with Crippen molar-refractivity contribution >= 4 is 33.5 Å². The number of hydrogen-bond donors (Lipinski definition) is 1. The molecule has 0 amide bonds. The standard InChI is InChI=1S/C12H15BrClNO3/c1-17-6-5-15-11(12(16)18-2)8-3-4-9(13)10(14)7-8/h3-4,7,11,15H,5-6H2,1-2H3. The molecule has 0 fully saturated rings. The van der Waals surface area contributed by atoms with Crippen LogP contribution in [0.3, 0.4) is 0 Å². The number of esters is 1. The molecule has 1 atom stereocenters. The zero-order chi connectivity index (χ0) is 13.5. The van der Waals surface area contributed by atoms with Crippen LogP contribution in [0.5, 0.6) is 0 Å².